The Labute approximate surface area is 169 Å². The van der Waals surface area contributed by atoms with E-state index in [1.165, 1.54) is 13.0 Å². The van der Waals surface area contributed by atoms with Gasteiger partial charge in [-0.25, -0.2) is 9.59 Å². The molecular formula is C18H15NO8S2. The maximum atomic E-state index is 12.7. The van der Waals surface area contributed by atoms with E-state index in [-0.39, 0.29) is 22.1 Å². The Morgan fingerprint density at radius 3 is 2.48 bits per heavy atom. The van der Waals surface area contributed by atoms with Crippen LogP contribution in [0.2, 0.25) is 0 Å². The molecule has 3 rings (SSSR count). The molecular weight excluding hydrogens is 422 g/mol. The highest BCUT2D eigenvalue weighted by molar-refractivity contribution is 7.92. The highest BCUT2D eigenvalue weighted by Crippen LogP contribution is 2.36. The van der Waals surface area contributed by atoms with Gasteiger partial charge in [-0.15, -0.1) is 11.3 Å². The molecule has 3 aromatic rings. The molecule has 0 bridgehead atoms. The molecule has 152 valence electrons. The van der Waals surface area contributed by atoms with Crippen molar-refractivity contribution in [2.45, 2.75) is 12.0 Å². The number of nitrogens with one attached hydrogen (secondary N) is 1. The molecule has 0 amide bonds. The number of aryl methyl sites for hydroxylation is 1. The summed E-state index contributed by atoms with van der Waals surface area (Å²) in [7, 11) is -3.19. The Morgan fingerprint density at radius 1 is 1.17 bits per heavy atom. The number of ether oxygens (including phenoxy) is 2. The van der Waals surface area contributed by atoms with E-state index < -0.39 is 27.2 Å². The summed E-state index contributed by atoms with van der Waals surface area (Å²) in [6.07, 6.45) is -1.04. The first-order chi connectivity index (χ1) is 13.7. The molecule has 2 N–H and O–H groups in total. The number of rotatable bonds is 6. The second-order valence-electron chi connectivity index (χ2n) is 5.67. The van der Waals surface area contributed by atoms with Gasteiger partial charge in [0.15, 0.2) is 5.75 Å². The molecule has 11 heteroatoms. The van der Waals surface area contributed by atoms with Gasteiger partial charge >= 0.3 is 12.1 Å². The van der Waals surface area contributed by atoms with Gasteiger partial charge in [0.05, 0.1) is 12.8 Å². The van der Waals surface area contributed by atoms with Gasteiger partial charge in [-0.05, 0) is 18.6 Å². The molecule has 0 spiro atoms. The summed E-state index contributed by atoms with van der Waals surface area (Å²) in [5.74, 6) is -1.38. The summed E-state index contributed by atoms with van der Waals surface area (Å²) in [5, 5.41) is 8.90. The highest BCUT2D eigenvalue weighted by atomic mass is 32.2. The Hall–Kier alpha value is -3.31. The molecule has 0 radical (unpaired) electrons. The van der Waals surface area contributed by atoms with Gasteiger partial charge in [0.1, 0.15) is 10.6 Å². The third kappa shape index (κ3) is 4.41. The first-order valence-electron chi connectivity index (χ1n) is 8.03. The number of aromatic carboxylic acids is 1. The van der Waals surface area contributed by atoms with E-state index in [0.717, 1.165) is 30.1 Å². The summed E-state index contributed by atoms with van der Waals surface area (Å²) in [5.41, 5.74) is 0.638. The molecule has 1 aromatic carbocycles. The third-order valence-electron chi connectivity index (χ3n) is 3.70. The van der Waals surface area contributed by atoms with Crippen molar-refractivity contribution in [3.63, 3.8) is 0 Å². The lowest BCUT2D eigenvalue weighted by molar-refractivity contribution is 0.0703. The fourth-order valence-electron chi connectivity index (χ4n) is 2.37. The molecule has 0 saturated carbocycles. The van der Waals surface area contributed by atoms with E-state index in [1.54, 1.807) is 24.3 Å². The number of furan rings is 1. The van der Waals surface area contributed by atoms with Crippen LogP contribution in [0.15, 0.2) is 52.0 Å². The zero-order valence-electron chi connectivity index (χ0n) is 15.2. The second kappa shape index (κ2) is 7.97. The molecule has 0 aliphatic carbocycles. The fourth-order valence-corrected chi connectivity index (χ4v) is 4.44. The number of anilines is 1. The number of carbonyl (C=O) groups is 2. The molecule has 0 aliphatic rings. The van der Waals surface area contributed by atoms with Crippen molar-refractivity contribution >= 4 is 39.2 Å². The minimum atomic E-state index is -4.29. The van der Waals surface area contributed by atoms with Crippen LogP contribution in [-0.2, 0) is 14.8 Å². The first kappa shape index (κ1) is 20.4. The molecule has 2 aromatic heterocycles. The first-order valence-corrected chi connectivity index (χ1v) is 10.3. The van der Waals surface area contributed by atoms with Crippen molar-refractivity contribution in [3.05, 3.63) is 53.1 Å². The predicted octanol–water partition coefficient (Wildman–Crippen LogP) is 3.96. The van der Waals surface area contributed by atoms with Crippen LogP contribution in [0.1, 0.15) is 15.4 Å². The van der Waals surface area contributed by atoms with Gasteiger partial charge in [0, 0.05) is 10.9 Å². The molecule has 0 aliphatic heterocycles. The average molecular weight is 437 g/mol. The number of methoxy groups -OCH3 is 1. The zero-order valence-corrected chi connectivity index (χ0v) is 16.8. The molecule has 2 heterocycles. The fraction of sp³-hybridized carbons (Fsp3) is 0.111. The summed E-state index contributed by atoms with van der Waals surface area (Å²) in [6, 6.07) is 11.4. The van der Waals surface area contributed by atoms with Crippen molar-refractivity contribution in [1.82, 2.24) is 0 Å². The number of carboxylic acids is 1. The zero-order chi connectivity index (χ0) is 21.2. The van der Waals surface area contributed by atoms with Crippen molar-refractivity contribution in [1.29, 1.82) is 0 Å². The number of hydrogen-bond acceptors (Lipinski definition) is 8. The summed E-state index contributed by atoms with van der Waals surface area (Å²) < 4.78 is 41.9. The van der Waals surface area contributed by atoms with Crippen LogP contribution in [0.3, 0.4) is 0 Å². The van der Waals surface area contributed by atoms with Crippen LogP contribution in [0.25, 0.3) is 10.4 Å². The van der Waals surface area contributed by atoms with E-state index in [0.29, 0.717) is 4.88 Å². The second-order valence-corrected chi connectivity index (χ2v) is 8.34. The summed E-state index contributed by atoms with van der Waals surface area (Å²) in [6.45, 7) is 1.40. The number of thiophene rings is 1. The van der Waals surface area contributed by atoms with Gasteiger partial charge in [-0.1, -0.05) is 30.3 Å². The molecule has 0 unspecified atom stereocenters. The lowest BCUT2D eigenvalue weighted by atomic mass is 10.2. The van der Waals surface area contributed by atoms with Gasteiger partial charge in [0.2, 0.25) is 5.09 Å². The number of hydrogen-bond donors (Lipinski definition) is 2. The van der Waals surface area contributed by atoms with Gasteiger partial charge in [0.25, 0.3) is 10.0 Å². The maximum absolute atomic E-state index is 12.7. The number of benzene rings is 1. The number of carbonyl (C=O) groups excluding carboxylic acids is 1. The Balaban J connectivity index is 1.94. The highest BCUT2D eigenvalue weighted by Gasteiger charge is 2.26. The van der Waals surface area contributed by atoms with Gasteiger partial charge in [-0.2, -0.15) is 8.42 Å². The maximum Gasteiger partial charge on any atom is 0.513 e. The molecule has 0 atom stereocenters. The van der Waals surface area contributed by atoms with Crippen LogP contribution in [-0.4, -0.2) is 32.8 Å². The normalized spacial score (nSPS) is 11.1. The van der Waals surface area contributed by atoms with Crippen molar-refractivity contribution < 1.29 is 37.0 Å². The summed E-state index contributed by atoms with van der Waals surface area (Å²) in [4.78, 5) is 23.2. The Morgan fingerprint density at radius 2 is 1.86 bits per heavy atom. The predicted molar refractivity (Wildman–Crippen MR) is 104 cm³/mol. The molecule has 29 heavy (non-hydrogen) atoms. The van der Waals surface area contributed by atoms with E-state index in [4.69, 9.17) is 9.15 Å². The van der Waals surface area contributed by atoms with Crippen molar-refractivity contribution in [2.75, 3.05) is 11.8 Å². The van der Waals surface area contributed by atoms with Crippen LogP contribution in [0.5, 0.6) is 5.75 Å². The number of sulfonamides is 1. The lowest BCUT2D eigenvalue weighted by Crippen LogP contribution is -2.13. The van der Waals surface area contributed by atoms with Gasteiger partial charge < -0.3 is 19.0 Å². The third-order valence-corrected chi connectivity index (χ3v) is 6.10. The summed E-state index contributed by atoms with van der Waals surface area (Å²) >= 11 is 0.933. The lowest BCUT2D eigenvalue weighted by Gasteiger charge is -2.04. The number of carboxylic acid groups (broad SMARTS) is 1. The van der Waals surface area contributed by atoms with Gasteiger partial charge in [-0.3, -0.25) is 4.72 Å². The van der Waals surface area contributed by atoms with Crippen molar-refractivity contribution in [2.24, 2.45) is 0 Å². The Kier molecular flexibility index (Phi) is 5.62. The average Bonchev–Trinajstić information content (AvgIpc) is 3.26. The van der Waals surface area contributed by atoms with Crippen LogP contribution in [0, 0.1) is 6.92 Å². The molecule has 9 nitrogen and oxygen atoms in total. The molecule has 0 fully saturated rings. The quantitative estimate of drug-likeness (QED) is 0.554. The molecule has 0 saturated heterocycles. The SMILES string of the molecule is COC(=O)Oc1cc(S(=O)(=O)Nc2cc(-c3ccccc3)sc2C(=O)O)oc1C. The largest absolute Gasteiger partial charge is 0.513 e. The van der Waals surface area contributed by atoms with Crippen LogP contribution in [0.4, 0.5) is 10.5 Å². The minimum Gasteiger partial charge on any atom is -0.477 e. The topological polar surface area (TPSA) is 132 Å². The minimum absolute atomic E-state index is 0.0320. The smallest absolute Gasteiger partial charge is 0.477 e. The van der Waals surface area contributed by atoms with E-state index in [9.17, 15) is 23.1 Å². The van der Waals surface area contributed by atoms with Crippen molar-refractivity contribution in [3.8, 4) is 16.2 Å². The van der Waals surface area contributed by atoms with Crippen LogP contribution < -0.4 is 9.46 Å². The van der Waals surface area contributed by atoms with E-state index >= 15 is 0 Å². The Bertz CT molecular complexity index is 1160. The van der Waals surface area contributed by atoms with Crippen LogP contribution >= 0.6 is 11.3 Å². The van der Waals surface area contributed by atoms with E-state index in [2.05, 4.69) is 9.46 Å². The monoisotopic (exact) mass is 437 g/mol. The standard InChI is InChI=1S/C18H15NO8S2/c1-10-13(27-18(22)25-2)9-15(26-10)29(23,24)19-12-8-14(28-16(12)17(20)21)11-6-4-3-5-7-11/h3-9,19H,1-2H3,(H,20,21). The van der Waals surface area contributed by atoms with E-state index in [1.807, 2.05) is 6.07 Å².